The maximum Gasteiger partial charge on any atom is 0.173 e. The van der Waals surface area contributed by atoms with E-state index in [2.05, 4.69) is 31.9 Å². The fraction of sp³-hybridized carbons (Fsp3) is 0.200. The molecule has 88 valence electrons. The zero-order chi connectivity index (χ0) is 12.1. The van der Waals surface area contributed by atoms with Crippen LogP contribution in [0.2, 0.25) is 5.02 Å². The Kier molecular flexibility index (Phi) is 6.18. The maximum absolute atomic E-state index is 13.4. The smallest absolute Gasteiger partial charge is 0.173 e. The van der Waals surface area contributed by atoms with E-state index in [4.69, 9.17) is 16.3 Å². The molecule has 0 aromatic heterocycles. The molecule has 0 bridgehead atoms. The monoisotopic (exact) mass is 388 g/mol. The van der Waals surface area contributed by atoms with E-state index in [1.54, 1.807) is 6.07 Å². The molecule has 0 fully saturated rings. The number of halogens is 4. The van der Waals surface area contributed by atoms with Gasteiger partial charge in [0.25, 0.3) is 0 Å². The first kappa shape index (κ1) is 14.4. The van der Waals surface area contributed by atoms with Crippen LogP contribution in [0.4, 0.5) is 4.39 Å². The molecule has 0 aliphatic rings. The zero-order valence-electron chi connectivity index (χ0n) is 8.27. The maximum atomic E-state index is 13.4. The second-order valence-electron chi connectivity index (χ2n) is 2.72. The molecule has 0 unspecified atom stereocenters. The van der Waals surface area contributed by atoms with Gasteiger partial charge >= 0.3 is 0 Å². The molecule has 16 heavy (non-hydrogen) atoms. The van der Waals surface area contributed by atoms with Crippen LogP contribution in [0.3, 0.4) is 0 Å². The molecular formula is C10H8Br2ClFOS. The van der Waals surface area contributed by atoms with Crippen molar-refractivity contribution in [2.75, 3.05) is 12.9 Å². The quantitative estimate of drug-likeness (QED) is 0.653. The van der Waals surface area contributed by atoms with Crippen LogP contribution in [0.25, 0.3) is 0 Å². The van der Waals surface area contributed by atoms with Gasteiger partial charge in [-0.1, -0.05) is 17.7 Å². The molecule has 0 saturated heterocycles. The predicted octanol–water partition coefficient (Wildman–Crippen LogP) is 5.21. The Balaban J connectivity index is 2.80. The number of thioether (sulfide) groups is 1. The van der Waals surface area contributed by atoms with Crippen LogP contribution in [-0.4, -0.2) is 12.9 Å². The van der Waals surface area contributed by atoms with E-state index in [0.29, 0.717) is 5.75 Å². The van der Waals surface area contributed by atoms with Crippen LogP contribution in [-0.2, 0) is 0 Å². The predicted molar refractivity (Wildman–Crippen MR) is 74.6 cm³/mol. The fourth-order valence-corrected chi connectivity index (χ4v) is 2.95. The molecule has 0 amide bonds. The highest BCUT2D eigenvalue weighted by molar-refractivity contribution is 9.28. The lowest BCUT2D eigenvalue weighted by Gasteiger charge is -2.06. The summed E-state index contributed by atoms with van der Waals surface area (Å²) in [6.45, 7) is 0. The van der Waals surface area contributed by atoms with Crippen LogP contribution in [0.15, 0.2) is 26.5 Å². The molecule has 1 rings (SSSR count). The summed E-state index contributed by atoms with van der Waals surface area (Å²) in [6, 6.07) is 3.09. The van der Waals surface area contributed by atoms with Gasteiger partial charge in [0.15, 0.2) is 11.6 Å². The lowest BCUT2D eigenvalue weighted by atomic mass is 10.3. The van der Waals surface area contributed by atoms with E-state index in [1.165, 1.54) is 24.9 Å². The fourth-order valence-electron chi connectivity index (χ4n) is 1.02. The number of ether oxygens (including phenoxy) is 1. The van der Waals surface area contributed by atoms with Crippen molar-refractivity contribution in [2.24, 2.45) is 0 Å². The molecule has 6 heteroatoms. The minimum Gasteiger partial charge on any atom is -0.492 e. The summed E-state index contributed by atoms with van der Waals surface area (Å²) in [5.74, 6) is 0.358. The van der Waals surface area contributed by atoms with Gasteiger partial charge in [-0.25, -0.2) is 4.39 Å². The molecule has 0 heterocycles. The number of benzene rings is 1. The summed E-state index contributed by atoms with van der Waals surface area (Å²) in [4.78, 5) is 0.765. The number of hydrogen-bond donors (Lipinski definition) is 0. The molecule has 0 spiro atoms. The van der Waals surface area contributed by atoms with Crippen LogP contribution in [0.1, 0.15) is 0 Å². The normalized spacial score (nSPS) is 10.1. The lowest BCUT2D eigenvalue weighted by Crippen LogP contribution is -1.90. The van der Waals surface area contributed by atoms with E-state index in [0.717, 1.165) is 8.29 Å². The topological polar surface area (TPSA) is 9.23 Å². The summed E-state index contributed by atoms with van der Waals surface area (Å²) in [5, 5.41) is 0.284. The van der Waals surface area contributed by atoms with Crippen LogP contribution < -0.4 is 4.74 Å². The third kappa shape index (κ3) is 4.28. The Morgan fingerprint density at radius 2 is 2.25 bits per heavy atom. The first-order valence-corrected chi connectivity index (χ1v) is 7.16. The molecule has 0 atom stereocenters. The highest BCUT2D eigenvalue weighted by atomic mass is 79.9. The van der Waals surface area contributed by atoms with Crippen molar-refractivity contribution in [1.82, 2.24) is 0 Å². The molecule has 1 nitrogen and oxygen atoms in total. The minimum atomic E-state index is -0.445. The second-order valence-corrected chi connectivity index (χ2v) is 7.00. The molecule has 0 aliphatic carbocycles. The Labute approximate surface area is 120 Å². The molecule has 0 radical (unpaired) electrons. The summed E-state index contributed by atoms with van der Waals surface area (Å²) in [5.41, 5.74) is 0. The summed E-state index contributed by atoms with van der Waals surface area (Å²) < 4.78 is 19.1. The summed E-state index contributed by atoms with van der Waals surface area (Å²) in [7, 11) is 1.39. The third-order valence-electron chi connectivity index (χ3n) is 1.66. The standard InChI is InChI=1S/C10H8Br2ClFOS/c1-15-10-7(13)4-6(5-8(10)14)16-3-2-9(11)12/h2,4-5H,3H2,1H3. The zero-order valence-corrected chi connectivity index (χ0v) is 13.0. The highest BCUT2D eigenvalue weighted by Crippen LogP contribution is 2.33. The SMILES string of the molecule is COc1c(F)cc(SCC=C(Br)Br)cc1Cl. The first-order valence-electron chi connectivity index (χ1n) is 4.21. The van der Waals surface area contributed by atoms with Crippen molar-refractivity contribution in [1.29, 1.82) is 0 Å². The average Bonchev–Trinajstić information content (AvgIpc) is 2.16. The Hall–Kier alpha value is 0.290. The van der Waals surface area contributed by atoms with Crippen molar-refractivity contribution in [3.05, 3.63) is 32.4 Å². The molecule has 0 aliphatic heterocycles. The largest absolute Gasteiger partial charge is 0.492 e. The highest BCUT2D eigenvalue weighted by Gasteiger charge is 2.09. The number of hydrogen-bond acceptors (Lipinski definition) is 2. The van der Waals surface area contributed by atoms with Gasteiger partial charge in [0, 0.05) is 10.6 Å². The molecule has 0 N–H and O–H groups in total. The van der Waals surface area contributed by atoms with Gasteiger partial charge in [-0.05, 0) is 44.0 Å². The lowest BCUT2D eigenvalue weighted by molar-refractivity contribution is 0.386. The van der Waals surface area contributed by atoms with Gasteiger partial charge in [0.2, 0.25) is 0 Å². The first-order chi connectivity index (χ1) is 7.54. The summed E-state index contributed by atoms with van der Waals surface area (Å²) >= 11 is 13.8. The summed E-state index contributed by atoms with van der Waals surface area (Å²) in [6.07, 6.45) is 1.92. The van der Waals surface area contributed by atoms with Gasteiger partial charge in [-0.3, -0.25) is 0 Å². The van der Waals surface area contributed by atoms with Gasteiger partial charge in [-0.15, -0.1) is 11.8 Å². The minimum absolute atomic E-state index is 0.0863. The third-order valence-corrected chi connectivity index (χ3v) is 3.49. The average molecular weight is 390 g/mol. The van der Waals surface area contributed by atoms with Crippen molar-refractivity contribution in [2.45, 2.75) is 4.90 Å². The van der Waals surface area contributed by atoms with Gasteiger partial charge < -0.3 is 4.74 Å². The molecular weight excluding hydrogens is 382 g/mol. The Bertz CT molecular complexity index is 385. The van der Waals surface area contributed by atoms with Crippen molar-refractivity contribution >= 4 is 55.2 Å². The Morgan fingerprint density at radius 1 is 1.56 bits per heavy atom. The number of methoxy groups -OCH3 is 1. The molecule has 1 aromatic carbocycles. The second kappa shape index (κ2) is 6.89. The van der Waals surface area contributed by atoms with Gasteiger partial charge in [0.1, 0.15) is 0 Å². The van der Waals surface area contributed by atoms with Gasteiger partial charge in [0.05, 0.1) is 15.5 Å². The van der Waals surface area contributed by atoms with Crippen LogP contribution in [0, 0.1) is 5.82 Å². The van der Waals surface area contributed by atoms with Crippen molar-refractivity contribution in [3.8, 4) is 5.75 Å². The number of rotatable bonds is 4. The van der Waals surface area contributed by atoms with E-state index in [-0.39, 0.29) is 10.8 Å². The van der Waals surface area contributed by atoms with E-state index >= 15 is 0 Å². The van der Waals surface area contributed by atoms with Crippen LogP contribution in [0.5, 0.6) is 5.75 Å². The van der Waals surface area contributed by atoms with E-state index < -0.39 is 5.82 Å². The van der Waals surface area contributed by atoms with E-state index in [9.17, 15) is 4.39 Å². The van der Waals surface area contributed by atoms with Crippen molar-refractivity contribution < 1.29 is 9.13 Å². The Morgan fingerprint density at radius 3 is 2.75 bits per heavy atom. The van der Waals surface area contributed by atoms with Gasteiger partial charge in [-0.2, -0.15) is 0 Å². The molecule has 1 aromatic rings. The van der Waals surface area contributed by atoms with Crippen molar-refractivity contribution in [3.63, 3.8) is 0 Å². The van der Waals surface area contributed by atoms with E-state index in [1.807, 2.05) is 6.08 Å². The van der Waals surface area contributed by atoms with Crippen LogP contribution >= 0.6 is 55.2 Å². The molecule has 0 saturated carbocycles.